The second kappa shape index (κ2) is 11.0. The first-order valence-electron chi connectivity index (χ1n) is 8.54. The maximum atomic E-state index is 11.9. The quantitative estimate of drug-likeness (QED) is 0.588. The Bertz CT molecular complexity index is 516. The fraction of sp³-hybridized carbons (Fsp3) is 0.667. The summed E-state index contributed by atoms with van der Waals surface area (Å²) in [6, 6.07) is 3.80. The van der Waals surface area contributed by atoms with Crippen molar-refractivity contribution < 1.29 is 23.8 Å². The van der Waals surface area contributed by atoms with Gasteiger partial charge in [0, 0.05) is 24.9 Å². The first-order chi connectivity index (χ1) is 11.8. The van der Waals surface area contributed by atoms with Gasteiger partial charge < -0.3 is 19.1 Å². The minimum atomic E-state index is -0.683. The van der Waals surface area contributed by atoms with Crippen LogP contribution in [0.3, 0.4) is 0 Å². The maximum absolute atomic E-state index is 11.9. The standard InChI is InChI=1S/C18H29NO5S/c1-13(2)11-22-17(20)19(5)9-8-15(16-7-6-10-25-16)24-18(21)23-12-14(3)4/h6-7,10,13-15H,8-9,11-12H2,1-5H3/t15-/m0/s1. The monoisotopic (exact) mass is 371 g/mol. The summed E-state index contributed by atoms with van der Waals surface area (Å²) in [5.41, 5.74) is 0. The number of carbonyl (C=O) groups is 2. The van der Waals surface area contributed by atoms with E-state index >= 15 is 0 Å². The lowest BCUT2D eigenvalue weighted by Crippen LogP contribution is -2.30. The van der Waals surface area contributed by atoms with Crippen LogP contribution in [0.4, 0.5) is 9.59 Å². The van der Waals surface area contributed by atoms with Crippen LogP contribution in [0.25, 0.3) is 0 Å². The fourth-order valence-corrected chi connectivity index (χ4v) is 2.66. The van der Waals surface area contributed by atoms with E-state index in [1.807, 2.05) is 45.2 Å². The minimum absolute atomic E-state index is 0.245. The van der Waals surface area contributed by atoms with Crippen LogP contribution in [-0.2, 0) is 14.2 Å². The zero-order valence-electron chi connectivity index (χ0n) is 15.7. The molecular weight excluding hydrogens is 342 g/mol. The predicted molar refractivity (Wildman–Crippen MR) is 97.8 cm³/mol. The second-order valence-electron chi connectivity index (χ2n) is 6.76. The van der Waals surface area contributed by atoms with Gasteiger partial charge in [-0.05, 0) is 23.3 Å². The van der Waals surface area contributed by atoms with Crippen LogP contribution in [0.1, 0.15) is 45.1 Å². The molecule has 0 bridgehead atoms. The van der Waals surface area contributed by atoms with Gasteiger partial charge >= 0.3 is 12.2 Å². The van der Waals surface area contributed by atoms with Crippen LogP contribution in [0, 0.1) is 11.8 Å². The Morgan fingerprint density at radius 3 is 2.32 bits per heavy atom. The summed E-state index contributed by atoms with van der Waals surface area (Å²) in [4.78, 5) is 26.2. The van der Waals surface area contributed by atoms with Crippen LogP contribution >= 0.6 is 11.3 Å². The Hall–Kier alpha value is -1.76. The Morgan fingerprint density at radius 1 is 1.12 bits per heavy atom. The first-order valence-corrected chi connectivity index (χ1v) is 9.42. The molecule has 0 N–H and O–H groups in total. The van der Waals surface area contributed by atoms with E-state index in [1.54, 1.807) is 7.05 Å². The molecular formula is C18H29NO5S. The van der Waals surface area contributed by atoms with E-state index in [-0.39, 0.29) is 17.9 Å². The molecule has 6 nitrogen and oxygen atoms in total. The average Bonchev–Trinajstić information content (AvgIpc) is 3.08. The number of nitrogens with zero attached hydrogens (tertiary/aromatic N) is 1. The van der Waals surface area contributed by atoms with Gasteiger partial charge in [0.2, 0.25) is 0 Å². The zero-order chi connectivity index (χ0) is 18.8. The Labute approximate surface area is 154 Å². The van der Waals surface area contributed by atoms with Crippen molar-refractivity contribution in [2.45, 2.75) is 40.2 Å². The van der Waals surface area contributed by atoms with Crippen LogP contribution in [-0.4, -0.2) is 44.0 Å². The van der Waals surface area contributed by atoms with E-state index in [2.05, 4.69) is 0 Å². The lowest BCUT2D eigenvalue weighted by atomic mass is 10.2. The first kappa shape index (κ1) is 21.3. The third kappa shape index (κ3) is 8.77. The predicted octanol–water partition coefficient (Wildman–Crippen LogP) is 4.71. The topological polar surface area (TPSA) is 65.1 Å². The van der Waals surface area contributed by atoms with Crippen molar-refractivity contribution in [1.29, 1.82) is 0 Å². The fourth-order valence-electron chi connectivity index (χ4n) is 1.87. The molecule has 142 valence electrons. The van der Waals surface area contributed by atoms with E-state index in [9.17, 15) is 9.59 Å². The summed E-state index contributed by atoms with van der Waals surface area (Å²) in [6.45, 7) is 9.00. The largest absolute Gasteiger partial charge is 0.508 e. The number of hydrogen-bond acceptors (Lipinski definition) is 6. The molecule has 0 radical (unpaired) electrons. The van der Waals surface area contributed by atoms with Crippen molar-refractivity contribution in [3.8, 4) is 0 Å². The highest BCUT2D eigenvalue weighted by molar-refractivity contribution is 7.10. The van der Waals surface area contributed by atoms with Gasteiger partial charge in [-0.3, -0.25) is 0 Å². The second-order valence-corrected chi connectivity index (χ2v) is 7.74. The van der Waals surface area contributed by atoms with Crippen molar-refractivity contribution in [2.24, 2.45) is 11.8 Å². The molecule has 0 saturated heterocycles. The molecule has 1 aromatic heterocycles. The number of ether oxygens (including phenoxy) is 3. The summed E-state index contributed by atoms with van der Waals surface area (Å²) in [5.74, 6) is 0.532. The van der Waals surface area contributed by atoms with Crippen LogP contribution < -0.4 is 0 Å². The molecule has 1 amide bonds. The van der Waals surface area contributed by atoms with Gasteiger partial charge in [0.25, 0.3) is 0 Å². The van der Waals surface area contributed by atoms with Crippen molar-refractivity contribution in [3.63, 3.8) is 0 Å². The number of hydrogen-bond donors (Lipinski definition) is 0. The lowest BCUT2D eigenvalue weighted by molar-refractivity contribution is 0.0127. The summed E-state index contributed by atoms with van der Waals surface area (Å²) < 4.78 is 15.7. The molecule has 0 fully saturated rings. The molecule has 1 heterocycles. The Balaban J connectivity index is 2.54. The smallest absolute Gasteiger partial charge is 0.449 e. The van der Waals surface area contributed by atoms with Gasteiger partial charge in [0.15, 0.2) is 0 Å². The average molecular weight is 371 g/mol. The lowest BCUT2D eigenvalue weighted by Gasteiger charge is -2.21. The van der Waals surface area contributed by atoms with E-state index in [0.717, 1.165) is 4.88 Å². The summed E-state index contributed by atoms with van der Waals surface area (Å²) in [6.07, 6.45) is -1.02. The van der Waals surface area contributed by atoms with E-state index in [4.69, 9.17) is 14.2 Å². The molecule has 25 heavy (non-hydrogen) atoms. The van der Waals surface area contributed by atoms with Crippen LogP contribution in [0.5, 0.6) is 0 Å². The molecule has 1 atom stereocenters. The van der Waals surface area contributed by atoms with Gasteiger partial charge in [-0.1, -0.05) is 33.8 Å². The third-order valence-corrected chi connectivity index (χ3v) is 4.18. The summed E-state index contributed by atoms with van der Waals surface area (Å²) in [7, 11) is 1.67. The van der Waals surface area contributed by atoms with Gasteiger partial charge in [0.05, 0.1) is 13.2 Å². The Kier molecular flexibility index (Phi) is 9.34. The van der Waals surface area contributed by atoms with Crippen LogP contribution in [0.2, 0.25) is 0 Å². The molecule has 0 saturated carbocycles. The summed E-state index contributed by atoms with van der Waals surface area (Å²) >= 11 is 1.50. The third-order valence-electron chi connectivity index (χ3n) is 3.21. The van der Waals surface area contributed by atoms with Gasteiger partial charge in [0.1, 0.15) is 6.10 Å². The van der Waals surface area contributed by atoms with E-state index < -0.39 is 12.3 Å². The molecule has 0 aliphatic carbocycles. The molecule has 0 aromatic carbocycles. The van der Waals surface area contributed by atoms with E-state index in [0.29, 0.717) is 26.2 Å². The van der Waals surface area contributed by atoms with Gasteiger partial charge in [-0.25, -0.2) is 9.59 Å². The highest BCUT2D eigenvalue weighted by Gasteiger charge is 2.21. The SMILES string of the molecule is CC(C)COC(=O)O[C@@H](CCN(C)C(=O)OCC(C)C)c1cccs1. The van der Waals surface area contributed by atoms with Crippen molar-refractivity contribution in [2.75, 3.05) is 26.8 Å². The number of amides is 1. The molecule has 1 aromatic rings. The van der Waals surface area contributed by atoms with Gasteiger partial charge in [-0.15, -0.1) is 11.3 Å². The number of thiophene rings is 1. The number of carbonyl (C=O) groups excluding carboxylic acids is 2. The molecule has 0 spiro atoms. The van der Waals surface area contributed by atoms with Crippen molar-refractivity contribution in [3.05, 3.63) is 22.4 Å². The minimum Gasteiger partial charge on any atom is -0.449 e. The highest BCUT2D eigenvalue weighted by Crippen LogP contribution is 2.26. The zero-order valence-corrected chi connectivity index (χ0v) is 16.5. The molecule has 1 rings (SSSR count). The molecule has 0 aliphatic heterocycles. The molecule has 0 aliphatic rings. The van der Waals surface area contributed by atoms with Crippen molar-refractivity contribution in [1.82, 2.24) is 4.90 Å². The molecule has 7 heteroatoms. The Morgan fingerprint density at radius 2 is 1.76 bits per heavy atom. The number of rotatable bonds is 9. The van der Waals surface area contributed by atoms with Crippen molar-refractivity contribution >= 4 is 23.6 Å². The van der Waals surface area contributed by atoms with Gasteiger partial charge in [-0.2, -0.15) is 0 Å². The highest BCUT2D eigenvalue weighted by atomic mass is 32.1. The normalized spacial score (nSPS) is 12.1. The van der Waals surface area contributed by atoms with Crippen LogP contribution in [0.15, 0.2) is 17.5 Å². The molecule has 0 unspecified atom stereocenters. The van der Waals surface area contributed by atoms with E-state index in [1.165, 1.54) is 16.2 Å². The summed E-state index contributed by atoms with van der Waals surface area (Å²) in [5, 5.41) is 1.92. The maximum Gasteiger partial charge on any atom is 0.508 e.